The molecule has 2 heterocycles. The summed E-state index contributed by atoms with van der Waals surface area (Å²) in [6.07, 6.45) is 0. The number of hydrogen-bond donors (Lipinski definition) is 1. The molecule has 1 amide bonds. The number of nitrogens with one attached hydrogen (secondary N) is 1. The Balaban J connectivity index is 1.56. The lowest BCUT2D eigenvalue weighted by atomic mass is 10.1. The van der Waals surface area contributed by atoms with Gasteiger partial charge in [0.05, 0.1) is 32.2 Å². The number of nitrogens with zero attached hydrogens (tertiary/aromatic N) is 2. The maximum atomic E-state index is 11.9. The average Bonchev–Trinajstić information content (AvgIpc) is 3.24. The summed E-state index contributed by atoms with van der Waals surface area (Å²) in [5.41, 5.74) is 1.60. The highest BCUT2D eigenvalue weighted by molar-refractivity contribution is 7.99. The third-order valence-corrected chi connectivity index (χ3v) is 5.51. The molecule has 0 aliphatic rings. The Hall–Kier alpha value is -2.58. The summed E-state index contributed by atoms with van der Waals surface area (Å²) in [5.74, 6) is 1.57. The van der Waals surface area contributed by atoms with Crippen molar-refractivity contribution >= 4 is 29.0 Å². The molecule has 0 spiro atoms. The minimum absolute atomic E-state index is 0.0285. The lowest BCUT2D eigenvalue weighted by Crippen LogP contribution is -2.24. The van der Waals surface area contributed by atoms with E-state index >= 15 is 0 Å². The molecule has 3 rings (SSSR count). The number of carbonyl (C=O) groups is 1. The number of amides is 1. The van der Waals surface area contributed by atoms with E-state index in [9.17, 15) is 4.79 Å². The van der Waals surface area contributed by atoms with Crippen LogP contribution < -0.4 is 14.8 Å². The van der Waals surface area contributed by atoms with Gasteiger partial charge in [0.2, 0.25) is 5.91 Å². The van der Waals surface area contributed by atoms with Crippen molar-refractivity contribution in [3.63, 3.8) is 0 Å². The number of methoxy groups -OCH3 is 2. The number of rotatable bonds is 8. The van der Waals surface area contributed by atoms with Gasteiger partial charge in [-0.25, -0.2) is 0 Å². The standard InChI is InChI=1S/C19H19N3O3S2/c1-24-16-7-5-13(10-17(16)25-2)15-6-8-19(22-21-15)27-12-18(23)20-11-14-4-3-9-26-14/h3-10H,11-12H2,1-2H3,(H,20,23). The fourth-order valence-electron chi connectivity index (χ4n) is 2.34. The van der Waals surface area contributed by atoms with E-state index in [-0.39, 0.29) is 5.91 Å². The molecule has 140 valence electrons. The van der Waals surface area contributed by atoms with Gasteiger partial charge in [-0.2, -0.15) is 0 Å². The normalized spacial score (nSPS) is 10.4. The van der Waals surface area contributed by atoms with E-state index in [1.165, 1.54) is 11.8 Å². The molecule has 1 N–H and O–H groups in total. The molecular formula is C19H19N3O3S2. The van der Waals surface area contributed by atoms with Crippen LogP contribution in [0.5, 0.6) is 11.5 Å². The highest BCUT2D eigenvalue weighted by Gasteiger charge is 2.09. The first-order valence-corrected chi connectivity index (χ1v) is 10.0. The van der Waals surface area contributed by atoms with Crippen LogP contribution in [0.2, 0.25) is 0 Å². The zero-order valence-corrected chi connectivity index (χ0v) is 16.6. The lowest BCUT2D eigenvalue weighted by Gasteiger charge is -2.09. The monoisotopic (exact) mass is 401 g/mol. The van der Waals surface area contributed by atoms with Crippen molar-refractivity contribution in [3.05, 3.63) is 52.7 Å². The molecule has 1 aromatic carbocycles. The van der Waals surface area contributed by atoms with E-state index in [1.807, 2.05) is 47.8 Å². The molecule has 0 radical (unpaired) electrons. The maximum absolute atomic E-state index is 11.9. The van der Waals surface area contributed by atoms with Gasteiger partial charge in [-0.05, 0) is 41.8 Å². The Morgan fingerprint density at radius 3 is 2.63 bits per heavy atom. The number of hydrogen-bond acceptors (Lipinski definition) is 7. The summed E-state index contributed by atoms with van der Waals surface area (Å²) in [4.78, 5) is 13.1. The summed E-state index contributed by atoms with van der Waals surface area (Å²) >= 11 is 2.98. The number of ether oxygens (including phenoxy) is 2. The minimum Gasteiger partial charge on any atom is -0.493 e. The highest BCUT2D eigenvalue weighted by atomic mass is 32.2. The number of thiophene rings is 1. The molecule has 8 heteroatoms. The second-order valence-corrected chi connectivity index (χ2v) is 7.50. The van der Waals surface area contributed by atoms with Crippen molar-refractivity contribution in [2.24, 2.45) is 0 Å². The minimum atomic E-state index is -0.0285. The van der Waals surface area contributed by atoms with Crippen molar-refractivity contribution in [3.8, 4) is 22.8 Å². The van der Waals surface area contributed by atoms with Crippen LogP contribution in [0.15, 0.2) is 52.9 Å². The third-order valence-electron chi connectivity index (χ3n) is 3.71. The van der Waals surface area contributed by atoms with Crippen molar-refractivity contribution in [2.45, 2.75) is 11.6 Å². The van der Waals surface area contributed by atoms with Gasteiger partial charge in [-0.3, -0.25) is 4.79 Å². The van der Waals surface area contributed by atoms with Crippen LogP contribution >= 0.6 is 23.1 Å². The lowest BCUT2D eigenvalue weighted by molar-refractivity contribution is -0.118. The topological polar surface area (TPSA) is 73.3 Å². The molecule has 0 fully saturated rings. The molecule has 0 atom stereocenters. The molecule has 0 saturated carbocycles. The first-order valence-electron chi connectivity index (χ1n) is 8.17. The molecule has 0 saturated heterocycles. The van der Waals surface area contributed by atoms with Gasteiger partial charge in [0.15, 0.2) is 11.5 Å². The summed E-state index contributed by atoms with van der Waals surface area (Å²) in [7, 11) is 3.19. The van der Waals surface area contributed by atoms with Crippen molar-refractivity contribution in [2.75, 3.05) is 20.0 Å². The van der Waals surface area contributed by atoms with Crippen LogP contribution in [-0.4, -0.2) is 36.1 Å². The Bertz CT molecular complexity index is 884. The van der Waals surface area contributed by atoms with Crippen LogP contribution in [0.25, 0.3) is 11.3 Å². The molecular weight excluding hydrogens is 382 g/mol. The Morgan fingerprint density at radius 1 is 1.11 bits per heavy atom. The van der Waals surface area contributed by atoms with Crippen LogP contribution in [0.1, 0.15) is 4.88 Å². The van der Waals surface area contributed by atoms with Gasteiger partial charge in [0, 0.05) is 10.4 Å². The van der Waals surface area contributed by atoms with Crippen molar-refractivity contribution in [1.82, 2.24) is 15.5 Å². The first kappa shape index (κ1) is 19.2. The van der Waals surface area contributed by atoms with E-state index in [1.54, 1.807) is 25.6 Å². The predicted octanol–water partition coefficient (Wildman–Crippen LogP) is 3.63. The van der Waals surface area contributed by atoms with Gasteiger partial charge in [-0.15, -0.1) is 21.5 Å². The summed E-state index contributed by atoms with van der Waals surface area (Å²) in [6, 6.07) is 13.3. The average molecular weight is 402 g/mol. The molecule has 0 aliphatic carbocycles. The highest BCUT2D eigenvalue weighted by Crippen LogP contribution is 2.31. The van der Waals surface area contributed by atoms with E-state index in [4.69, 9.17) is 9.47 Å². The molecule has 0 bridgehead atoms. The quantitative estimate of drug-likeness (QED) is 0.581. The summed E-state index contributed by atoms with van der Waals surface area (Å²) in [5, 5.41) is 14.0. The van der Waals surface area contributed by atoms with Crippen molar-refractivity contribution < 1.29 is 14.3 Å². The Labute approximate surface area is 165 Å². The molecule has 27 heavy (non-hydrogen) atoms. The van der Waals surface area contributed by atoms with E-state index in [0.717, 1.165) is 16.1 Å². The van der Waals surface area contributed by atoms with Gasteiger partial charge < -0.3 is 14.8 Å². The SMILES string of the molecule is COc1ccc(-c2ccc(SCC(=O)NCc3cccs3)nn2)cc1OC. The number of carbonyl (C=O) groups excluding carboxylic acids is 1. The molecule has 6 nitrogen and oxygen atoms in total. The van der Waals surface area contributed by atoms with E-state index < -0.39 is 0 Å². The number of benzene rings is 1. The van der Waals surface area contributed by atoms with Gasteiger partial charge in [-0.1, -0.05) is 17.8 Å². The van der Waals surface area contributed by atoms with Crippen LogP contribution in [0.3, 0.4) is 0 Å². The predicted molar refractivity (Wildman–Crippen MR) is 107 cm³/mol. The fraction of sp³-hybridized carbons (Fsp3) is 0.211. The van der Waals surface area contributed by atoms with Gasteiger partial charge in [0.25, 0.3) is 0 Å². The summed E-state index contributed by atoms with van der Waals surface area (Å²) < 4.78 is 10.6. The zero-order chi connectivity index (χ0) is 19.1. The first-order chi connectivity index (χ1) is 13.2. The van der Waals surface area contributed by atoms with Gasteiger partial charge >= 0.3 is 0 Å². The largest absolute Gasteiger partial charge is 0.493 e. The second kappa shape index (κ2) is 9.38. The van der Waals surface area contributed by atoms with Crippen molar-refractivity contribution in [1.29, 1.82) is 0 Å². The Kier molecular flexibility index (Phi) is 6.67. The fourth-order valence-corrected chi connectivity index (χ4v) is 3.62. The summed E-state index contributed by atoms with van der Waals surface area (Å²) in [6.45, 7) is 0.557. The van der Waals surface area contributed by atoms with Crippen LogP contribution in [0, 0.1) is 0 Å². The second-order valence-electron chi connectivity index (χ2n) is 5.47. The molecule has 3 aromatic rings. The van der Waals surface area contributed by atoms with E-state index in [0.29, 0.717) is 28.8 Å². The molecule has 0 unspecified atom stereocenters. The van der Waals surface area contributed by atoms with E-state index in [2.05, 4.69) is 15.5 Å². The maximum Gasteiger partial charge on any atom is 0.230 e. The molecule has 0 aliphatic heterocycles. The number of thioether (sulfide) groups is 1. The number of aromatic nitrogens is 2. The zero-order valence-electron chi connectivity index (χ0n) is 15.0. The van der Waals surface area contributed by atoms with Crippen LogP contribution in [0.4, 0.5) is 0 Å². The van der Waals surface area contributed by atoms with Crippen LogP contribution in [-0.2, 0) is 11.3 Å². The molecule has 2 aromatic heterocycles. The smallest absolute Gasteiger partial charge is 0.230 e. The van der Waals surface area contributed by atoms with Gasteiger partial charge in [0.1, 0.15) is 5.03 Å². The third kappa shape index (κ3) is 5.21. The Morgan fingerprint density at radius 2 is 1.96 bits per heavy atom.